The summed E-state index contributed by atoms with van der Waals surface area (Å²) in [6.07, 6.45) is 1.46. The van der Waals surface area contributed by atoms with Gasteiger partial charge in [0.2, 0.25) is 0 Å². The summed E-state index contributed by atoms with van der Waals surface area (Å²) >= 11 is 0. The van der Waals surface area contributed by atoms with Crippen LogP contribution in [0.25, 0.3) is 10.9 Å². The first kappa shape index (κ1) is 10.4. The summed E-state index contributed by atoms with van der Waals surface area (Å²) in [4.78, 5) is 22.7. The molecule has 5 heteroatoms. The number of hydrogen-bond donors (Lipinski definition) is 0. The summed E-state index contributed by atoms with van der Waals surface area (Å²) in [6, 6.07) is 3.55. The third kappa shape index (κ3) is 1.56. The molecule has 1 heterocycles. The Morgan fingerprint density at radius 2 is 2.19 bits per heavy atom. The highest BCUT2D eigenvalue weighted by Crippen LogP contribution is 2.10. The van der Waals surface area contributed by atoms with Gasteiger partial charge in [0, 0.05) is 6.54 Å². The van der Waals surface area contributed by atoms with Crippen molar-refractivity contribution in [1.29, 1.82) is 0 Å². The van der Waals surface area contributed by atoms with Crippen LogP contribution in [0.4, 0.5) is 4.39 Å². The minimum Gasteiger partial charge on any atom is -0.372 e. The molecule has 0 atom stereocenters. The van der Waals surface area contributed by atoms with E-state index in [9.17, 15) is 14.0 Å². The molecule has 2 rings (SSSR count). The zero-order valence-electron chi connectivity index (χ0n) is 8.27. The monoisotopic (exact) mass is 221 g/mol. The van der Waals surface area contributed by atoms with Crippen molar-refractivity contribution < 1.29 is 8.81 Å². The number of nitrogens with zero attached hydrogens (tertiary/aromatic N) is 1. The van der Waals surface area contributed by atoms with E-state index in [2.05, 4.69) is 11.0 Å². The molecule has 0 unspecified atom stereocenters. The lowest BCUT2D eigenvalue weighted by Crippen LogP contribution is -2.24. The van der Waals surface area contributed by atoms with Gasteiger partial charge in [0.15, 0.2) is 0 Å². The molecule has 82 valence electrons. The van der Waals surface area contributed by atoms with Gasteiger partial charge in [0.05, 0.1) is 10.9 Å². The number of allylic oxidation sites excluding steroid dienone is 1. The SMILES string of the molecule is C=CCn1c(=O)oc(=O)c2ccc(F)cc21. The minimum atomic E-state index is -0.817. The van der Waals surface area contributed by atoms with Crippen LogP contribution in [-0.2, 0) is 6.54 Å². The maximum Gasteiger partial charge on any atom is 0.422 e. The number of halogens is 1. The first-order valence-electron chi connectivity index (χ1n) is 4.57. The summed E-state index contributed by atoms with van der Waals surface area (Å²) in [5.41, 5.74) is -0.554. The highest BCUT2D eigenvalue weighted by atomic mass is 19.1. The van der Waals surface area contributed by atoms with Crippen molar-refractivity contribution in [2.24, 2.45) is 0 Å². The van der Waals surface area contributed by atoms with Crippen LogP contribution in [0.2, 0.25) is 0 Å². The Kier molecular flexibility index (Phi) is 2.44. The molecule has 0 fully saturated rings. The van der Waals surface area contributed by atoms with Gasteiger partial charge in [-0.25, -0.2) is 14.0 Å². The molecule has 0 saturated carbocycles. The number of rotatable bonds is 2. The molecule has 16 heavy (non-hydrogen) atoms. The van der Waals surface area contributed by atoms with Gasteiger partial charge in [-0.2, -0.15) is 0 Å². The van der Waals surface area contributed by atoms with Gasteiger partial charge in [-0.3, -0.25) is 4.57 Å². The Labute approximate surface area is 89.2 Å². The Hall–Kier alpha value is -2.17. The van der Waals surface area contributed by atoms with Crippen LogP contribution in [0.5, 0.6) is 0 Å². The van der Waals surface area contributed by atoms with E-state index in [0.717, 1.165) is 16.7 Å². The van der Waals surface area contributed by atoms with Gasteiger partial charge < -0.3 is 4.42 Å². The van der Waals surface area contributed by atoms with E-state index in [1.165, 1.54) is 12.1 Å². The lowest BCUT2D eigenvalue weighted by Gasteiger charge is -2.05. The lowest BCUT2D eigenvalue weighted by molar-refractivity contribution is 0.426. The van der Waals surface area contributed by atoms with E-state index in [0.29, 0.717) is 0 Å². The van der Waals surface area contributed by atoms with Crippen LogP contribution in [0.1, 0.15) is 0 Å². The summed E-state index contributed by atoms with van der Waals surface area (Å²) in [6.45, 7) is 3.63. The topological polar surface area (TPSA) is 52.2 Å². The minimum absolute atomic E-state index is 0.155. The molecule has 0 saturated heterocycles. The van der Waals surface area contributed by atoms with Crippen LogP contribution in [0.3, 0.4) is 0 Å². The van der Waals surface area contributed by atoms with E-state index in [1.54, 1.807) is 0 Å². The highest BCUT2D eigenvalue weighted by Gasteiger charge is 2.08. The molecule has 0 aliphatic carbocycles. The maximum atomic E-state index is 13.0. The Morgan fingerprint density at radius 1 is 1.44 bits per heavy atom. The van der Waals surface area contributed by atoms with Gasteiger partial charge in [0.25, 0.3) is 0 Å². The zero-order chi connectivity index (χ0) is 11.7. The predicted molar refractivity (Wildman–Crippen MR) is 56.9 cm³/mol. The fraction of sp³-hybridized carbons (Fsp3) is 0.0909. The molecule has 0 amide bonds. The molecule has 0 N–H and O–H groups in total. The first-order valence-corrected chi connectivity index (χ1v) is 4.57. The molecule has 1 aromatic carbocycles. The third-order valence-corrected chi connectivity index (χ3v) is 2.18. The van der Waals surface area contributed by atoms with Crippen LogP contribution in [0, 0.1) is 5.82 Å². The quantitative estimate of drug-likeness (QED) is 0.718. The van der Waals surface area contributed by atoms with Crippen LogP contribution in [-0.4, -0.2) is 4.57 Å². The fourth-order valence-corrected chi connectivity index (χ4v) is 1.49. The molecule has 4 nitrogen and oxygen atoms in total. The molecule has 0 aliphatic rings. The normalized spacial score (nSPS) is 10.6. The van der Waals surface area contributed by atoms with Gasteiger partial charge in [-0.1, -0.05) is 6.08 Å². The average molecular weight is 221 g/mol. The Balaban J connectivity index is 2.97. The van der Waals surface area contributed by atoms with Crippen molar-refractivity contribution in [3.05, 3.63) is 57.6 Å². The number of aromatic nitrogens is 1. The van der Waals surface area contributed by atoms with Crippen molar-refractivity contribution in [3.63, 3.8) is 0 Å². The standard InChI is InChI=1S/C11H8FNO3/c1-2-5-13-9-6-7(12)3-4-8(9)10(14)16-11(13)15/h2-4,6H,1,5H2. The van der Waals surface area contributed by atoms with E-state index in [4.69, 9.17) is 0 Å². The van der Waals surface area contributed by atoms with E-state index >= 15 is 0 Å². The van der Waals surface area contributed by atoms with E-state index in [-0.39, 0.29) is 17.4 Å². The zero-order valence-corrected chi connectivity index (χ0v) is 8.27. The maximum absolute atomic E-state index is 13.0. The van der Waals surface area contributed by atoms with Gasteiger partial charge >= 0.3 is 11.4 Å². The highest BCUT2D eigenvalue weighted by molar-refractivity contribution is 5.77. The number of fused-ring (bicyclic) bond motifs is 1. The van der Waals surface area contributed by atoms with E-state index in [1.807, 2.05) is 0 Å². The van der Waals surface area contributed by atoms with Crippen molar-refractivity contribution in [2.75, 3.05) is 0 Å². The van der Waals surface area contributed by atoms with E-state index < -0.39 is 17.2 Å². The average Bonchev–Trinajstić information content (AvgIpc) is 2.23. The summed E-state index contributed by atoms with van der Waals surface area (Å²) in [7, 11) is 0. The van der Waals surface area contributed by atoms with Crippen LogP contribution < -0.4 is 11.4 Å². The third-order valence-electron chi connectivity index (χ3n) is 2.18. The second-order valence-electron chi connectivity index (χ2n) is 3.22. The molecular formula is C11H8FNO3. The van der Waals surface area contributed by atoms with Crippen molar-refractivity contribution >= 4 is 10.9 Å². The summed E-state index contributed by atoms with van der Waals surface area (Å²) < 4.78 is 18.7. The molecule has 0 aliphatic heterocycles. The Bertz CT molecular complexity index is 669. The smallest absolute Gasteiger partial charge is 0.372 e. The van der Waals surface area contributed by atoms with Gasteiger partial charge in [-0.05, 0) is 18.2 Å². The van der Waals surface area contributed by atoms with Crippen LogP contribution in [0.15, 0.2) is 44.9 Å². The molecule has 2 aromatic rings. The molecule has 0 radical (unpaired) electrons. The first-order chi connectivity index (χ1) is 7.63. The lowest BCUT2D eigenvalue weighted by atomic mass is 10.2. The van der Waals surface area contributed by atoms with Gasteiger partial charge in [-0.15, -0.1) is 6.58 Å². The Morgan fingerprint density at radius 3 is 2.88 bits per heavy atom. The summed E-state index contributed by atoms with van der Waals surface area (Å²) in [5.74, 6) is -1.33. The second-order valence-corrected chi connectivity index (χ2v) is 3.22. The molecule has 0 bridgehead atoms. The predicted octanol–water partition coefficient (Wildman–Crippen LogP) is 1.28. The summed E-state index contributed by atoms with van der Waals surface area (Å²) in [5, 5.41) is 0.169. The largest absolute Gasteiger partial charge is 0.422 e. The van der Waals surface area contributed by atoms with Crippen LogP contribution >= 0.6 is 0 Å². The van der Waals surface area contributed by atoms with Crippen molar-refractivity contribution in [3.8, 4) is 0 Å². The molecule has 1 aromatic heterocycles. The van der Waals surface area contributed by atoms with Gasteiger partial charge in [0.1, 0.15) is 5.82 Å². The fourth-order valence-electron chi connectivity index (χ4n) is 1.49. The second kappa shape index (κ2) is 3.77. The number of hydrogen-bond acceptors (Lipinski definition) is 3. The van der Waals surface area contributed by atoms with Crippen molar-refractivity contribution in [1.82, 2.24) is 4.57 Å². The number of benzene rings is 1. The van der Waals surface area contributed by atoms with Crippen molar-refractivity contribution in [2.45, 2.75) is 6.54 Å². The molecular weight excluding hydrogens is 213 g/mol. The molecule has 0 spiro atoms.